The standard InChI is InChI=1S/C11H18N2O/c1-8(7-14)9(2)13-11-5-3-10(12)4-6-11/h3-6,8-9,13-14H,7,12H2,1-2H3. The molecule has 1 rings (SSSR count). The van der Waals surface area contributed by atoms with Gasteiger partial charge < -0.3 is 16.2 Å². The third-order valence-corrected chi connectivity index (χ3v) is 2.45. The summed E-state index contributed by atoms with van der Waals surface area (Å²) in [7, 11) is 0. The van der Waals surface area contributed by atoms with Crippen LogP contribution in [-0.4, -0.2) is 17.8 Å². The minimum absolute atomic E-state index is 0.198. The summed E-state index contributed by atoms with van der Waals surface area (Å²) in [4.78, 5) is 0. The molecule has 0 bridgehead atoms. The number of nitrogens with one attached hydrogen (secondary N) is 1. The van der Waals surface area contributed by atoms with Crippen LogP contribution in [0.3, 0.4) is 0 Å². The highest BCUT2D eigenvalue weighted by atomic mass is 16.3. The van der Waals surface area contributed by atoms with Crippen molar-refractivity contribution in [2.24, 2.45) is 5.92 Å². The van der Waals surface area contributed by atoms with Gasteiger partial charge in [0.15, 0.2) is 0 Å². The molecule has 0 saturated carbocycles. The van der Waals surface area contributed by atoms with Gasteiger partial charge >= 0.3 is 0 Å². The zero-order chi connectivity index (χ0) is 10.6. The fourth-order valence-electron chi connectivity index (χ4n) is 1.14. The highest BCUT2D eigenvalue weighted by Gasteiger charge is 2.09. The van der Waals surface area contributed by atoms with Crippen LogP contribution in [0.15, 0.2) is 24.3 Å². The zero-order valence-electron chi connectivity index (χ0n) is 8.70. The first-order chi connectivity index (χ1) is 6.63. The molecule has 0 spiro atoms. The number of hydrogen-bond donors (Lipinski definition) is 3. The zero-order valence-corrected chi connectivity index (χ0v) is 8.70. The van der Waals surface area contributed by atoms with Crippen molar-refractivity contribution in [3.63, 3.8) is 0 Å². The molecule has 3 heteroatoms. The molecular weight excluding hydrogens is 176 g/mol. The molecule has 1 aromatic rings. The second-order valence-electron chi connectivity index (χ2n) is 3.71. The number of hydrogen-bond acceptors (Lipinski definition) is 3. The third kappa shape index (κ3) is 2.92. The molecule has 3 nitrogen and oxygen atoms in total. The Hall–Kier alpha value is -1.22. The van der Waals surface area contributed by atoms with Crippen molar-refractivity contribution in [3.05, 3.63) is 24.3 Å². The molecule has 2 atom stereocenters. The van der Waals surface area contributed by atoms with Crippen LogP contribution < -0.4 is 11.1 Å². The summed E-state index contributed by atoms with van der Waals surface area (Å²) < 4.78 is 0. The monoisotopic (exact) mass is 194 g/mol. The Morgan fingerprint density at radius 3 is 2.36 bits per heavy atom. The van der Waals surface area contributed by atoms with E-state index in [2.05, 4.69) is 12.2 Å². The van der Waals surface area contributed by atoms with Crippen LogP contribution in [0.5, 0.6) is 0 Å². The summed E-state index contributed by atoms with van der Waals surface area (Å²) in [6.07, 6.45) is 0. The lowest BCUT2D eigenvalue weighted by molar-refractivity contribution is 0.226. The van der Waals surface area contributed by atoms with E-state index >= 15 is 0 Å². The van der Waals surface area contributed by atoms with Gasteiger partial charge in [0.05, 0.1) is 0 Å². The summed E-state index contributed by atoms with van der Waals surface area (Å²) in [5, 5.41) is 12.3. The van der Waals surface area contributed by atoms with Gasteiger partial charge in [0, 0.05) is 24.0 Å². The van der Waals surface area contributed by atoms with Crippen LogP contribution in [0.2, 0.25) is 0 Å². The van der Waals surface area contributed by atoms with E-state index in [1.807, 2.05) is 31.2 Å². The first-order valence-corrected chi connectivity index (χ1v) is 4.86. The van der Waals surface area contributed by atoms with Crippen molar-refractivity contribution in [1.82, 2.24) is 0 Å². The minimum atomic E-state index is 0.198. The molecule has 0 aliphatic carbocycles. The minimum Gasteiger partial charge on any atom is -0.399 e. The molecule has 2 unspecified atom stereocenters. The molecular formula is C11H18N2O. The molecule has 0 aliphatic heterocycles. The van der Waals surface area contributed by atoms with Gasteiger partial charge in [-0.25, -0.2) is 0 Å². The summed E-state index contributed by atoms with van der Waals surface area (Å²) in [6, 6.07) is 7.85. The topological polar surface area (TPSA) is 58.3 Å². The quantitative estimate of drug-likeness (QED) is 0.639. The Morgan fingerprint density at radius 2 is 1.86 bits per heavy atom. The first-order valence-electron chi connectivity index (χ1n) is 4.86. The van der Waals surface area contributed by atoms with Crippen LogP contribution >= 0.6 is 0 Å². The number of anilines is 2. The molecule has 0 radical (unpaired) electrons. The number of rotatable bonds is 4. The van der Waals surface area contributed by atoms with E-state index in [9.17, 15) is 0 Å². The van der Waals surface area contributed by atoms with Gasteiger partial charge in [0.2, 0.25) is 0 Å². The molecule has 0 aromatic heterocycles. The van der Waals surface area contributed by atoms with E-state index in [0.717, 1.165) is 11.4 Å². The predicted octanol–water partition coefficient (Wildman–Crippen LogP) is 1.70. The van der Waals surface area contributed by atoms with Crippen molar-refractivity contribution < 1.29 is 5.11 Å². The van der Waals surface area contributed by atoms with Crippen LogP contribution in [0.1, 0.15) is 13.8 Å². The molecule has 0 saturated heterocycles. The lowest BCUT2D eigenvalue weighted by Crippen LogP contribution is -2.26. The van der Waals surface area contributed by atoms with E-state index < -0.39 is 0 Å². The van der Waals surface area contributed by atoms with E-state index in [1.54, 1.807) is 0 Å². The first kappa shape index (κ1) is 10.9. The smallest absolute Gasteiger partial charge is 0.0476 e. The summed E-state index contributed by atoms with van der Waals surface area (Å²) in [5.74, 6) is 0.243. The summed E-state index contributed by atoms with van der Waals surface area (Å²) in [6.45, 7) is 4.26. The van der Waals surface area contributed by atoms with E-state index in [4.69, 9.17) is 10.8 Å². The van der Waals surface area contributed by atoms with Gasteiger partial charge in [-0.15, -0.1) is 0 Å². The molecule has 0 aliphatic rings. The largest absolute Gasteiger partial charge is 0.399 e. The Balaban J connectivity index is 2.56. The highest BCUT2D eigenvalue weighted by molar-refractivity contribution is 5.51. The van der Waals surface area contributed by atoms with Crippen molar-refractivity contribution in [2.75, 3.05) is 17.7 Å². The normalized spacial score (nSPS) is 14.8. The van der Waals surface area contributed by atoms with Crippen LogP contribution in [0, 0.1) is 5.92 Å². The number of aliphatic hydroxyl groups is 1. The van der Waals surface area contributed by atoms with Gasteiger partial charge in [-0.1, -0.05) is 6.92 Å². The molecule has 14 heavy (non-hydrogen) atoms. The number of nitrogens with two attached hydrogens (primary N) is 1. The third-order valence-electron chi connectivity index (χ3n) is 2.45. The number of nitrogen functional groups attached to an aromatic ring is 1. The number of benzene rings is 1. The van der Waals surface area contributed by atoms with Crippen molar-refractivity contribution in [1.29, 1.82) is 0 Å². The van der Waals surface area contributed by atoms with Gasteiger partial charge in [0.25, 0.3) is 0 Å². The Labute approximate surface area is 84.9 Å². The molecule has 4 N–H and O–H groups in total. The van der Waals surface area contributed by atoms with Crippen LogP contribution in [0.25, 0.3) is 0 Å². The second-order valence-corrected chi connectivity index (χ2v) is 3.71. The fraction of sp³-hybridized carbons (Fsp3) is 0.455. The van der Waals surface area contributed by atoms with Crippen LogP contribution in [0.4, 0.5) is 11.4 Å². The molecule has 0 amide bonds. The van der Waals surface area contributed by atoms with Gasteiger partial charge in [0.1, 0.15) is 0 Å². The predicted molar refractivity (Wildman–Crippen MR) is 60.2 cm³/mol. The average Bonchev–Trinajstić information content (AvgIpc) is 2.20. The fourth-order valence-corrected chi connectivity index (χ4v) is 1.14. The lowest BCUT2D eigenvalue weighted by Gasteiger charge is -2.20. The molecule has 0 fully saturated rings. The van der Waals surface area contributed by atoms with Crippen LogP contribution in [-0.2, 0) is 0 Å². The summed E-state index contributed by atoms with van der Waals surface area (Å²) >= 11 is 0. The maximum absolute atomic E-state index is 8.97. The molecule has 1 aromatic carbocycles. The van der Waals surface area contributed by atoms with Gasteiger partial charge in [-0.2, -0.15) is 0 Å². The Kier molecular flexibility index (Phi) is 3.77. The van der Waals surface area contributed by atoms with Crippen molar-refractivity contribution >= 4 is 11.4 Å². The average molecular weight is 194 g/mol. The number of aliphatic hydroxyl groups excluding tert-OH is 1. The van der Waals surface area contributed by atoms with E-state index in [1.165, 1.54) is 0 Å². The Bertz CT molecular complexity index is 271. The molecule has 78 valence electrons. The van der Waals surface area contributed by atoms with Crippen molar-refractivity contribution in [3.8, 4) is 0 Å². The SMILES string of the molecule is CC(CO)C(C)Nc1ccc(N)cc1. The maximum Gasteiger partial charge on any atom is 0.0476 e. The van der Waals surface area contributed by atoms with Gasteiger partial charge in [-0.3, -0.25) is 0 Å². The van der Waals surface area contributed by atoms with E-state index in [0.29, 0.717) is 0 Å². The summed E-state index contributed by atoms with van der Waals surface area (Å²) in [5.41, 5.74) is 7.37. The maximum atomic E-state index is 8.97. The molecule has 0 heterocycles. The Morgan fingerprint density at radius 1 is 1.29 bits per heavy atom. The van der Waals surface area contributed by atoms with Gasteiger partial charge in [-0.05, 0) is 37.1 Å². The lowest BCUT2D eigenvalue weighted by atomic mass is 10.0. The second kappa shape index (κ2) is 4.86. The van der Waals surface area contributed by atoms with Crippen molar-refractivity contribution in [2.45, 2.75) is 19.9 Å². The highest BCUT2D eigenvalue weighted by Crippen LogP contribution is 2.14. The van der Waals surface area contributed by atoms with E-state index in [-0.39, 0.29) is 18.6 Å².